The van der Waals surface area contributed by atoms with Gasteiger partial charge in [-0.15, -0.1) is 11.3 Å². The molecule has 1 aromatic rings. The third-order valence-corrected chi connectivity index (χ3v) is 4.74. The van der Waals surface area contributed by atoms with Crippen molar-refractivity contribution < 1.29 is 9.90 Å². The fourth-order valence-corrected chi connectivity index (χ4v) is 3.08. The highest BCUT2D eigenvalue weighted by molar-refractivity contribution is 7.99. The number of thiophene rings is 1. The standard InChI is InChI=1S/C12H16O2S2/c1-3-9(2)16-8-11-10(6-7-15-11)4-5-12(13)14/h4-7,9H,3,8H2,1-2H3,(H,13,14). The summed E-state index contributed by atoms with van der Waals surface area (Å²) in [7, 11) is 0. The number of carbonyl (C=O) groups is 1. The highest BCUT2D eigenvalue weighted by Crippen LogP contribution is 2.26. The highest BCUT2D eigenvalue weighted by Gasteiger charge is 2.05. The maximum absolute atomic E-state index is 10.4. The van der Waals surface area contributed by atoms with Crippen LogP contribution in [-0.2, 0) is 10.5 Å². The molecule has 2 nitrogen and oxygen atoms in total. The van der Waals surface area contributed by atoms with E-state index in [1.807, 2.05) is 23.2 Å². The van der Waals surface area contributed by atoms with Crippen molar-refractivity contribution in [2.75, 3.05) is 0 Å². The van der Waals surface area contributed by atoms with E-state index in [9.17, 15) is 4.79 Å². The Labute approximate surface area is 104 Å². The molecule has 1 atom stereocenters. The summed E-state index contributed by atoms with van der Waals surface area (Å²) < 4.78 is 0. The van der Waals surface area contributed by atoms with E-state index in [1.165, 1.54) is 11.0 Å². The smallest absolute Gasteiger partial charge is 0.328 e. The number of hydrogen-bond acceptors (Lipinski definition) is 3. The first kappa shape index (κ1) is 13.3. The zero-order valence-electron chi connectivity index (χ0n) is 9.47. The number of aliphatic carboxylic acids is 1. The molecule has 0 saturated carbocycles. The van der Waals surface area contributed by atoms with Crippen LogP contribution in [0.4, 0.5) is 0 Å². The van der Waals surface area contributed by atoms with Crippen LogP contribution in [0.2, 0.25) is 0 Å². The van der Waals surface area contributed by atoms with Crippen molar-refractivity contribution >= 4 is 35.1 Å². The molecule has 1 unspecified atom stereocenters. The zero-order chi connectivity index (χ0) is 12.0. The van der Waals surface area contributed by atoms with E-state index < -0.39 is 5.97 Å². The van der Waals surface area contributed by atoms with Crippen LogP contribution in [0.3, 0.4) is 0 Å². The molecule has 1 rings (SSSR count). The van der Waals surface area contributed by atoms with Gasteiger partial charge >= 0.3 is 5.97 Å². The van der Waals surface area contributed by atoms with Crippen molar-refractivity contribution in [1.29, 1.82) is 0 Å². The Morgan fingerprint density at radius 3 is 3.06 bits per heavy atom. The molecule has 0 amide bonds. The van der Waals surface area contributed by atoms with Crippen molar-refractivity contribution in [2.45, 2.75) is 31.3 Å². The lowest BCUT2D eigenvalue weighted by Crippen LogP contribution is -1.93. The average molecular weight is 256 g/mol. The van der Waals surface area contributed by atoms with Crippen LogP contribution in [0.25, 0.3) is 6.08 Å². The maximum atomic E-state index is 10.4. The van der Waals surface area contributed by atoms with Crippen molar-refractivity contribution in [3.8, 4) is 0 Å². The summed E-state index contributed by atoms with van der Waals surface area (Å²) in [6, 6.07) is 1.97. The van der Waals surface area contributed by atoms with Crippen LogP contribution in [0, 0.1) is 0 Å². The minimum atomic E-state index is -0.897. The normalized spacial score (nSPS) is 13.1. The molecule has 0 aromatic carbocycles. The fourth-order valence-electron chi connectivity index (χ4n) is 1.11. The largest absolute Gasteiger partial charge is 0.478 e. The second kappa shape index (κ2) is 6.76. The summed E-state index contributed by atoms with van der Waals surface area (Å²) in [5.74, 6) is 0.0677. The number of rotatable bonds is 6. The van der Waals surface area contributed by atoms with Gasteiger partial charge in [0.05, 0.1) is 0 Å². The molecule has 0 radical (unpaired) electrons. The Morgan fingerprint density at radius 2 is 2.44 bits per heavy atom. The molecule has 16 heavy (non-hydrogen) atoms. The Hall–Kier alpha value is -0.740. The molecule has 0 bridgehead atoms. The highest BCUT2D eigenvalue weighted by atomic mass is 32.2. The molecule has 1 aromatic heterocycles. The van der Waals surface area contributed by atoms with Gasteiger partial charge in [0.1, 0.15) is 0 Å². The lowest BCUT2D eigenvalue weighted by atomic mass is 10.2. The molecule has 1 heterocycles. The molecule has 0 aliphatic carbocycles. The summed E-state index contributed by atoms with van der Waals surface area (Å²) in [6.45, 7) is 4.39. The SMILES string of the molecule is CCC(C)SCc1sccc1C=CC(=O)O. The fraction of sp³-hybridized carbons (Fsp3) is 0.417. The first-order chi connectivity index (χ1) is 7.63. The molecular weight excluding hydrogens is 240 g/mol. The van der Waals surface area contributed by atoms with Crippen LogP contribution in [-0.4, -0.2) is 16.3 Å². The Kier molecular flexibility index (Phi) is 5.63. The van der Waals surface area contributed by atoms with Gasteiger partial charge in [0.15, 0.2) is 0 Å². The van der Waals surface area contributed by atoms with Gasteiger partial charge in [0, 0.05) is 22.0 Å². The molecule has 0 saturated heterocycles. The van der Waals surface area contributed by atoms with Gasteiger partial charge in [-0.2, -0.15) is 11.8 Å². The molecule has 0 spiro atoms. The van der Waals surface area contributed by atoms with Gasteiger partial charge in [-0.05, 0) is 29.5 Å². The quantitative estimate of drug-likeness (QED) is 0.785. The maximum Gasteiger partial charge on any atom is 0.328 e. The molecule has 0 aliphatic heterocycles. The predicted octanol–water partition coefficient (Wildman–Crippen LogP) is 3.88. The first-order valence-corrected chi connectivity index (χ1v) is 7.15. The Morgan fingerprint density at radius 1 is 1.69 bits per heavy atom. The summed E-state index contributed by atoms with van der Waals surface area (Å²) in [4.78, 5) is 11.7. The third-order valence-electron chi connectivity index (χ3n) is 2.26. The van der Waals surface area contributed by atoms with E-state index in [0.717, 1.165) is 17.7 Å². The second-order valence-electron chi connectivity index (χ2n) is 3.50. The van der Waals surface area contributed by atoms with Crippen LogP contribution in [0.5, 0.6) is 0 Å². The van der Waals surface area contributed by atoms with Gasteiger partial charge in [-0.3, -0.25) is 0 Å². The molecule has 1 N–H and O–H groups in total. The van der Waals surface area contributed by atoms with Crippen LogP contribution in [0.1, 0.15) is 30.7 Å². The minimum absolute atomic E-state index is 0.651. The lowest BCUT2D eigenvalue weighted by molar-refractivity contribution is -0.131. The number of hydrogen-bond donors (Lipinski definition) is 1. The van der Waals surface area contributed by atoms with E-state index >= 15 is 0 Å². The first-order valence-electron chi connectivity index (χ1n) is 5.22. The molecule has 4 heteroatoms. The lowest BCUT2D eigenvalue weighted by Gasteiger charge is -2.07. The Balaban J connectivity index is 2.60. The van der Waals surface area contributed by atoms with Gasteiger partial charge in [0.2, 0.25) is 0 Å². The Bertz CT molecular complexity index is 369. The summed E-state index contributed by atoms with van der Waals surface area (Å²) in [5.41, 5.74) is 1.03. The summed E-state index contributed by atoms with van der Waals surface area (Å²) in [5, 5.41) is 11.2. The molecule has 0 fully saturated rings. The average Bonchev–Trinajstić information content (AvgIpc) is 2.70. The van der Waals surface area contributed by atoms with Crippen molar-refractivity contribution in [1.82, 2.24) is 0 Å². The zero-order valence-corrected chi connectivity index (χ0v) is 11.1. The van der Waals surface area contributed by atoms with Gasteiger partial charge in [-0.1, -0.05) is 13.8 Å². The van der Waals surface area contributed by atoms with Crippen molar-refractivity contribution in [2.24, 2.45) is 0 Å². The van der Waals surface area contributed by atoms with Crippen molar-refractivity contribution in [3.05, 3.63) is 28.0 Å². The summed E-state index contributed by atoms with van der Waals surface area (Å²) in [6.07, 6.45) is 4.03. The van der Waals surface area contributed by atoms with Crippen LogP contribution in [0.15, 0.2) is 17.5 Å². The van der Waals surface area contributed by atoms with E-state index in [4.69, 9.17) is 5.11 Å². The van der Waals surface area contributed by atoms with Crippen LogP contribution < -0.4 is 0 Å². The topological polar surface area (TPSA) is 37.3 Å². The van der Waals surface area contributed by atoms with E-state index in [1.54, 1.807) is 17.4 Å². The second-order valence-corrected chi connectivity index (χ2v) is 5.93. The molecular formula is C12H16O2S2. The predicted molar refractivity (Wildman–Crippen MR) is 72.0 cm³/mol. The van der Waals surface area contributed by atoms with E-state index in [2.05, 4.69) is 13.8 Å². The van der Waals surface area contributed by atoms with E-state index in [-0.39, 0.29) is 0 Å². The minimum Gasteiger partial charge on any atom is -0.478 e. The van der Waals surface area contributed by atoms with Crippen LogP contribution >= 0.6 is 23.1 Å². The third kappa shape index (κ3) is 4.41. The number of thioether (sulfide) groups is 1. The molecule has 0 aliphatic rings. The number of carboxylic acids is 1. The van der Waals surface area contributed by atoms with E-state index in [0.29, 0.717) is 5.25 Å². The van der Waals surface area contributed by atoms with Crippen molar-refractivity contribution in [3.63, 3.8) is 0 Å². The van der Waals surface area contributed by atoms with Gasteiger partial charge in [-0.25, -0.2) is 4.79 Å². The summed E-state index contributed by atoms with van der Waals surface area (Å²) >= 11 is 3.60. The van der Waals surface area contributed by atoms with Gasteiger partial charge < -0.3 is 5.11 Å². The van der Waals surface area contributed by atoms with Gasteiger partial charge in [0.25, 0.3) is 0 Å². The monoisotopic (exact) mass is 256 g/mol. The molecule has 88 valence electrons. The number of carboxylic acid groups (broad SMARTS) is 1.